The normalized spacial score (nSPS) is 12.1. The lowest BCUT2D eigenvalue weighted by Crippen LogP contribution is -2.11. The highest BCUT2D eigenvalue weighted by Crippen LogP contribution is 2.34. The minimum Gasteiger partial charge on any atom is -0.366 e. The Kier molecular flexibility index (Phi) is 4.90. The van der Waals surface area contributed by atoms with Crippen molar-refractivity contribution in [2.75, 3.05) is 6.26 Å². The van der Waals surface area contributed by atoms with Crippen LogP contribution in [0.1, 0.15) is 41.3 Å². The highest BCUT2D eigenvalue weighted by atomic mass is 32.2. The molecule has 0 aliphatic carbocycles. The maximum atomic E-state index is 12.1. The van der Waals surface area contributed by atoms with E-state index in [0.29, 0.717) is 22.9 Å². The molecule has 0 bridgehead atoms. The number of carbonyl (C=O) groups excluding carboxylic acids is 1. The van der Waals surface area contributed by atoms with E-state index in [0.717, 1.165) is 27.4 Å². The van der Waals surface area contributed by atoms with Crippen LogP contribution in [0.25, 0.3) is 21.8 Å². The van der Waals surface area contributed by atoms with Crippen LogP contribution >= 0.6 is 0 Å². The summed E-state index contributed by atoms with van der Waals surface area (Å²) in [5.74, 6) is -0.0874. The van der Waals surface area contributed by atoms with Crippen LogP contribution in [0.4, 0.5) is 0 Å². The summed E-state index contributed by atoms with van der Waals surface area (Å²) in [6, 6.07) is 18.8. The Morgan fingerprint density at radius 2 is 1.70 bits per heavy atom. The second-order valence-electron chi connectivity index (χ2n) is 8.00. The Balaban J connectivity index is 1.95. The molecule has 0 radical (unpaired) electrons. The van der Waals surface area contributed by atoms with Gasteiger partial charge in [0.15, 0.2) is 9.84 Å². The predicted octanol–water partition coefficient (Wildman–Crippen LogP) is 4.47. The van der Waals surface area contributed by atoms with Gasteiger partial charge < -0.3 is 10.3 Å². The van der Waals surface area contributed by atoms with Crippen molar-refractivity contribution < 1.29 is 13.2 Å². The molecule has 1 aromatic heterocycles. The standard InChI is InChI=1S/C24H24N2O3S/c1-15(2)17-9-12-19-22(13-17)26(21-6-4-5-20(23(19)21)24(25)27)14-16-7-10-18(11-8-16)30(3,28)29/h4-13,15H,14H2,1-3H3,(H2,25,27). The summed E-state index contributed by atoms with van der Waals surface area (Å²) in [6.07, 6.45) is 1.20. The second-order valence-corrected chi connectivity index (χ2v) is 10.0. The Labute approximate surface area is 176 Å². The van der Waals surface area contributed by atoms with E-state index in [2.05, 4.69) is 36.6 Å². The Morgan fingerprint density at radius 1 is 1.00 bits per heavy atom. The van der Waals surface area contributed by atoms with Crippen LogP contribution in [0.5, 0.6) is 0 Å². The van der Waals surface area contributed by atoms with Crippen molar-refractivity contribution in [1.29, 1.82) is 0 Å². The number of sulfone groups is 1. The summed E-state index contributed by atoms with van der Waals surface area (Å²) in [5.41, 5.74) is 10.3. The fourth-order valence-electron chi connectivity index (χ4n) is 3.92. The third-order valence-corrected chi connectivity index (χ3v) is 6.67. The lowest BCUT2D eigenvalue weighted by Gasteiger charge is -2.11. The molecule has 4 aromatic rings. The molecule has 1 amide bonds. The smallest absolute Gasteiger partial charge is 0.249 e. The molecule has 0 saturated heterocycles. The summed E-state index contributed by atoms with van der Waals surface area (Å²) in [7, 11) is -3.24. The summed E-state index contributed by atoms with van der Waals surface area (Å²) < 4.78 is 25.7. The van der Waals surface area contributed by atoms with Gasteiger partial charge in [-0.05, 0) is 47.4 Å². The van der Waals surface area contributed by atoms with Crippen molar-refractivity contribution in [3.05, 3.63) is 77.4 Å². The molecule has 0 aliphatic rings. The van der Waals surface area contributed by atoms with Gasteiger partial charge in [-0.25, -0.2) is 8.42 Å². The fourth-order valence-corrected chi connectivity index (χ4v) is 4.55. The summed E-state index contributed by atoms with van der Waals surface area (Å²) in [6.45, 7) is 4.84. The van der Waals surface area contributed by atoms with E-state index in [4.69, 9.17) is 5.73 Å². The van der Waals surface area contributed by atoms with E-state index in [1.54, 1.807) is 18.2 Å². The maximum Gasteiger partial charge on any atom is 0.249 e. The van der Waals surface area contributed by atoms with E-state index < -0.39 is 15.7 Å². The van der Waals surface area contributed by atoms with Crippen LogP contribution < -0.4 is 5.73 Å². The molecule has 30 heavy (non-hydrogen) atoms. The number of hydrogen-bond donors (Lipinski definition) is 1. The minimum atomic E-state index is -3.24. The molecule has 0 saturated carbocycles. The first-order chi connectivity index (χ1) is 14.2. The highest BCUT2D eigenvalue weighted by Gasteiger charge is 2.17. The van der Waals surface area contributed by atoms with Gasteiger partial charge in [0.2, 0.25) is 5.91 Å². The lowest BCUT2D eigenvalue weighted by molar-refractivity contribution is 0.100. The first-order valence-electron chi connectivity index (χ1n) is 9.80. The SMILES string of the molecule is CC(C)c1ccc2c3c(C(N)=O)cccc3n(Cc3ccc(S(C)(=O)=O)cc3)c2c1. The molecule has 0 spiro atoms. The number of rotatable bonds is 5. The average molecular weight is 421 g/mol. The van der Waals surface area contributed by atoms with Crippen molar-refractivity contribution in [2.24, 2.45) is 5.73 Å². The third-order valence-electron chi connectivity index (χ3n) is 5.54. The lowest BCUT2D eigenvalue weighted by atomic mass is 10.00. The molecule has 6 heteroatoms. The van der Waals surface area contributed by atoms with Gasteiger partial charge in [0.05, 0.1) is 10.4 Å². The molecule has 1 heterocycles. The molecular weight excluding hydrogens is 396 g/mol. The van der Waals surface area contributed by atoms with Crippen molar-refractivity contribution in [3.63, 3.8) is 0 Å². The number of fused-ring (bicyclic) bond motifs is 3. The van der Waals surface area contributed by atoms with Gasteiger partial charge in [0, 0.05) is 34.7 Å². The molecule has 4 rings (SSSR count). The number of aromatic nitrogens is 1. The van der Waals surface area contributed by atoms with Gasteiger partial charge in [-0.3, -0.25) is 4.79 Å². The molecule has 0 unspecified atom stereocenters. The van der Waals surface area contributed by atoms with Crippen LogP contribution in [0.3, 0.4) is 0 Å². The Morgan fingerprint density at radius 3 is 2.30 bits per heavy atom. The van der Waals surface area contributed by atoms with Crippen molar-refractivity contribution >= 4 is 37.6 Å². The molecule has 0 atom stereocenters. The molecule has 2 N–H and O–H groups in total. The average Bonchev–Trinajstić information content (AvgIpc) is 3.01. The Bertz CT molecular complexity index is 1380. The van der Waals surface area contributed by atoms with Crippen LogP contribution in [0.15, 0.2) is 65.6 Å². The number of carbonyl (C=O) groups is 1. The van der Waals surface area contributed by atoms with Gasteiger partial charge in [-0.2, -0.15) is 0 Å². The van der Waals surface area contributed by atoms with Gasteiger partial charge >= 0.3 is 0 Å². The number of primary amides is 1. The zero-order valence-electron chi connectivity index (χ0n) is 17.2. The van der Waals surface area contributed by atoms with Crippen LogP contribution in [0.2, 0.25) is 0 Å². The second kappa shape index (κ2) is 7.29. The predicted molar refractivity (Wildman–Crippen MR) is 121 cm³/mol. The molecule has 0 fully saturated rings. The van der Waals surface area contributed by atoms with Gasteiger partial charge in [-0.1, -0.05) is 44.2 Å². The zero-order chi connectivity index (χ0) is 21.6. The van der Waals surface area contributed by atoms with E-state index in [1.165, 1.54) is 11.8 Å². The molecule has 154 valence electrons. The maximum absolute atomic E-state index is 12.1. The molecule has 5 nitrogen and oxygen atoms in total. The largest absolute Gasteiger partial charge is 0.366 e. The summed E-state index contributed by atoms with van der Waals surface area (Å²) in [5, 5.41) is 1.83. The van der Waals surface area contributed by atoms with Crippen LogP contribution in [-0.2, 0) is 16.4 Å². The summed E-state index contributed by atoms with van der Waals surface area (Å²) >= 11 is 0. The number of nitrogens with zero attached hydrogens (tertiary/aromatic N) is 1. The first kappa shape index (κ1) is 20.2. The van der Waals surface area contributed by atoms with Gasteiger partial charge in [-0.15, -0.1) is 0 Å². The van der Waals surface area contributed by atoms with Crippen molar-refractivity contribution in [2.45, 2.75) is 31.2 Å². The quantitative estimate of drug-likeness (QED) is 0.517. The molecular formula is C24H24N2O3S. The van der Waals surface area contributed by atoms with Crippen molar-refractivity contribution in [3.8, 4) is 0 Å². The molecule has 0 aliphatic heterocycles. The fraction of sp³-hybridized carbons (Fsp3) is 0.208. The first-order valence-corrected chi connectivity index (χ1v) is 11.7. The van der Waals surface area contributed by atoms with Crippen LogP contribution in [-0.4, -0.2) is 25.1 Å². The van der Waals surface area contributed by atoms with E-state index in [9.17, 15) is 13.2 Å². The zero-order valence-corrected chi connectivity index (χ0v) is 18.0. The minimum absolute atomic E-state index is 0.298. The monoisotopic (exact) mass is 420 g/mol. The van der Waals surface area contributed by atoms with E-state index in [-0.39, 0.29) is 0 Å². The van der Waals surface area contributed by atoms with Crippen LogP contribution in [0, 0.1) is 0 Å². The number of hydrogen-bond acceptors (Lipinski definition) is 3. The molecule has 3 aromatic carbocycles. The number of benzene rings is 3. The number of amides is 1. The highest BCUT2D eigenvalue weighted by molar-refractivity contribution is 7.90. The topological polar surface area (TPSA) is 82.2 Å². The van der Waals surface area contributed by atoms with Gasteiger partial charge in [0.1, 0.15) is 0 Å². The Hall–Kier alpha value is -3.12. The third kappa shape index (κ3) is 3.48. The number of nitrogens with two attached hydrogens (primary N) is 1. The van der Waals surface area contributed by atoms with Crippen molar-refractivity contribution in [1.82, 2.24) is 4.57 Å². The van der Waals surface area contributed by atoms with E-state index in [1.807, 2.05) is 24.3 Å². The van der Waals surface area contributed by atoms with Gasteiger partial charge in [0.25, 0.3) is 0 Å². The summed E-state index contributed by atoms with van der Waals surface area (Å²) in [4.78, 5) is 12.4. The van der Waals surface area contributed by atoms with E-state index >= 15 is 0 Å².